The number of hydrogen-bond acceptors (Lipinski definition) is 4. The number of fused-ring (bicyclic) bond motifs is 1. The number of aromatic nitrogens is 3. The van der Waals surface area contributed by atoms with Gasteiger partial charge in [-0.25, -0.2) is 4.98 Å². The third-order valence-electron chi connectivity index (χ3n) is 3.92. The lowest BCUT2D eigenvalue weighted by atomic mass is 10.2. The van der Waals surface area contributed by atoms with E-state index in [1.165, 1.54) is 5.56 Å². The summed E-state index contributed by atoms with van der Waals surface area (Å²) in [6.07, 6.45) is 4.66. The molecule has 4 rings (SSSR count). The second-order valence-electron chi connectivity index (χ2n) is 5.62. The summed E-state index contributed by atoms with van der Waals surface area (Å²) >= 11 is 0. The molecule has 2 heterocycles. The Labute approximate surface area is 140 Å². The first-order valence-electron chi connectivity index (χ1n) is 8.02. The molecule has 0 atom stereocenters. The van der Waals surface area contributed by atoms with Crippen LogP contribution < -0.4 is 5.32 Å². The van der Waals surface area contributed by atoms with E-state index >= 15 is 0 Å². The van der Waals surface area contributed by atoms with E-state index in [0.717, 1.165) is 36.4 Å². The molecule has 2 aromatic heterocycles. The Kier molecular flexibility index (Phi) is 3.98. The molecule has 0 spiro atoms. The summed E-state index contributed by atoms with van der Waals surface area (Å²) in [5, 5.41) is 3.23. The third-order valence-corrected chi connectivity index (χ3v) is 3.92. The number of para-hydroxylation sites is 2. The van der Waals surface area contributed by atoms with E-state index in [4.69, 9.17) is 4.42 Å². The first kappa shape index (κ1) is 14.5. The molecule has 1 N–H and O–H groups in total. The zero-order chi connectivity index (χ0) is 16.2. The highest BCUT2D eigenvalue weighted by Crippen LogP contribution is 2.17. The molecule has 120 valence electrons. The monoisotopic (exact) mass is 318 g/mol. The summed E-state index contributed by atoms with van der Waals surface area (Å²) in [7, 11) is 0. The van der Waals surface area contributed by atoms with E-state index in [-0.39, 0.29) is 0 Å². The zero-order valence-corrected chi connectivity index (χ0v) is 13.2. The van der Waals surface area contributed by atoms with Crippen molar-refractivity contribution in [3.63, 3.8) is 0 Å². The highest BCUT2D eigenvalue weighted by molar-refractivity contribution is 5.74. The van der Waals surface area contributed by atoms with Gasteiger partial charge in [0.1, 0.15) is 11.3 Å². The van der Waals surface area contributed by atoms with E-state index in [0.29, 0.717) is 6.01 Å². The van der Waals surface area contributed by atoms with Crippen molar-refractivity contribution in [3.8, 4) is 0 Å². The van der Waals surface area contributed by atoms with Crippen LogP contribution in [0.5, 0.6) is 0 Å². The van der Waals surface area contributed by atoms with Gasteiger partial charge >= 0.3 is 0 Å². The number of rotatable bonds is 6. The summed E-state index contributed by atoms with van der Waals surface area (Å²) < 4.78 is 7.83. The molecule has 0 fully saturated rings. The molecule has 0 bridgehead atoms. The molecule has 0 unspecified atom stereocenters. The average Bonchev–Trinajstić information content (AvgIpc) is 3.22. The minimum absolute atomic E-state index is 0.553. The molecule has 2 aromatic carbocycles. The predicted octanol–water partition coefficient (Wildman–Crippen LogP) is 3.73. The SMILES string of the molecule is c1ccc(Cn2ccnc2CCNc2nc3ccccc3o2)cc1. The number of imidazole rings is 1. The van der Waals surface area contributed by atoms with Crippen molar-refractivity contribution in [1.29, 1.82) is 0 Å². The van der Waals surface area contributed by atoms with Crippen molar-refractivity contribution in [3.05, 3.63) is 78.4 Å². The fourth-order valence-electron chi connectivity index (χ4n) is 2.72. The molecule has 0 amide bonds. The maximum absolute atomic E-state index is 5.66. The van der Waals surface area contributed by atoms with E-state index in [2.05, 4.69) is 44.1 Å². The minimum Gasteiger partial charge on any atom is -0.424 e. The molecule has 5 nitrogen and oxygen atoms in total. The van der Waals surface area contributed by atoms with Crippen LogP contribution >= 0.6 is 0 Å². The standard InChI is InChI=1S/C19H18N4O/c1-2-6-15(7-3-1)14-23-13-12-20-18(23)10-11-21-19-22-16-8-4-5-9-17(16)24-19/h1-9,12-13H,10-11,14H2,(H,21,22). The number of oxazole rings is 1. The van der Waals surface area contributed by atoms with Crippen molar-refractivity contribution >= 4 is 17.1 Å². The van der Waals surface area contributed by atoms with Crippen LogP contribution in [-0.4, -0.2) is 21.1 Å². The van der Waals surface area contributed by atoms with Gasteiger partial charge in [0.05, 0.1) is 0 Å². The molecular weight excluding hydrogens is 300 g/mol. The fraction of sp³-hybridized carbons (Fsp3) is 0.158. The highest BCUT2D eigenvalue weighted by atomic mass is 16.4. The van der Waals surface area contributed by atoms with Gasteiger partial charge in [0.2, 0.25) is 0 Å². The van der Waals surface area contributed by atoms with Crippen molar-refractivity contribution < 1.29 is 4.42 Å². The topological polar surface area (TPSA) is 55.9 Å². The Morgan fingerprint density at radius 3 is 2.71 bits per heavy atom. The van der Waals surface area contributed by atoms with Crippen molar-refractivity contribution in [2.24, 2.45) is 0 Å². The summed E-state index contributed by atoms with van der Waals surface area (Å²) in [5.74, 6) is 1.04. The van der Waals surface area contributed by atoms with Crippen LogP contribution in [0.2, 0.25) is 0 Å². The Hall–Kier alpha value is -3.08. The van der Waals surface area contributed by atoms with Gasteiger partial charge in [-0.3, -0.25) is 0 Å². The smallest absolute Gasteiger partial charge is 0.295 e. The summed E-state index contributed by atoms with van der Waals surface area (Å²) in [6.45, 7) is 1.55. The van der Waals surface area contributed by atoms with Crippen LogP contribution in [-0.2, 0) is 13.0 Å². The van der Waals surface area contributed by atoms with Crippen LogP contribution in [0.25, 0.3) is 11.1 Å². The lowest BCUT2D eigenvalue weighted by molar-refractivity contribution is 0.612. The summed E-state index contributed by atoms with van der Waals surface area (Å²) in [4.78, 5) is 8.87. The molecule has 0 saturated carbocycles. The van der Waals surface area contributed by atoms with E-state index in [1.807, 2.05) is 42.7 Å². The number of hydrogen-bond donors (Lipinski definition) is 1. The Balaban J connectivity index is 1.39. The van der Waals surface area contributed by atoms with Gasteiger partial charge in [0.15, 0.2) is 5.58 Å². The number of anilines is 1. The summed E-state index contributed by atoms with van der Waals surface area (Å²) in [6, 6.07) is 18.7. The largest absolute Gasteiger partial charge is 0.424 e. The zero-order valence-electron chi connectivity index (χ0n) is 13.2. The molecule has 0 aliphatic carbocycles. The maximum atomic E-state index is 5.66. The number of nitrogens with one attached hydrogen (secondary N) is 1. The Bertz CT molecular complexity index is 894. The van der Waals surface area contributed by atoms with E-state index in [9.17, 15) is 0 Å². The number of benzene rings is 2. The highest BCUT2D eigenvalue weighted by Gasteiger charge is 2.06. The van der Waals surface area contributed by atoms with Crippen molar-refractivity contribution in [1.82, 2.24) is 14.5 Å². The second kappa shape index (κ2) is 6.58. The number of nitrogens with zero attached hydrogens (tertiary/aromatic N) is 3. The van der Waals surface area contributed by atoms with Gasteiger partial charge in [-0.05, 0) is 17.7 Å². The first-order valence-corrected chi connectivity index (χ1v) is 8.02. The van der Waals surface area contributed by atoms with Crippen LogP contribution in [0.15, 0.2) is 71.4 Å². The quantitative estimate of drug-likeness (QED) is 0.588. The maximum Gasteiger partial charge on any atom is 0.295 e. The lowest BCUT2D eigenvalue weighted by Crippen LogP contribution is -2.11. The molecule has 0 aliphatic heterocycles. The molecular formula is C19H18N4O. The van der Waals surface area contributed by atoms with Crippen LogP contribution in [0, 0.1) is 0 Å². The minimum atomic E-state index is 0.553. The summed E-state index contributed by atoms with van der Waals surface area (Å²) in [5.41, 5.74) is 2.93. The molecule has 24 heavy (non-hydrogen) atoms. The fourth-order valence-corrected chi connectivity index (χ4v) is 2.72. The molecule has 0 saturated heterocycles. The van der Waals surface area contributed by atoms with Crippen molar-refractivity contribution in [2.75, 3.05) is 11.9 Å². The lowest BCUT2D eigenvalue weighted by Gasteiger charge is -2.08. The average molecular weight is 318 g/mol. The molecule has 4 aromatic rings. The van der Waals surface area contributed by atoms with E-state index in [1.54, 1.807) is 0 Å². The third kappa shape index (κ3) is 3.15. The van der Waals surface area contributed by atoms with E-state index < -0.39 is 0 Å². The molecule has 5 heteroatoms. The first-order chi connectivity index (χ1) is 11.9. The molecule has 0 radical (unpaired) electrons. The Morgan fingerprint density at radius 2 is 1.83 bits per heavy atom. The van der Waals surface area contributed by atoms with Gasteiger partial charge in [-0.15, -0.1) is 0 Å². The van der Waals surface area contributed by atoms with Crippen LogP contribution in [0.1, 0.15) is 11.4 Å². The van der Waals surface area contributed by atoms with Crippen molar-refractivity contribution in [2.45, 2.75) is 13.0 Å². The van der Waals surface area contributed by atoms with Crippen LogP contribution in [0.3, 0.4) is 0 Å². The van der Waals surface area contributed by atoms with Gasteiger partial charge in [-0.1, -0.05) is 42.5 Å². The van der Waals surface area contributed by atoms with Gasteiger partial charge < -0.3 is 14.3 Å². The normalized spacial score (nSPS) is 11.0. The van der Waals surface area contributed by atoms with Crippen LogP contribution in [0.4, 0.5) is 6.01 Å². The van der Waals surface area contributed by atoms with Gasteiger partial charge in [-0.2, -0.15) is 4.98 Å². The predicted molar refractivity (Wildman–Crippen MR) is 94.0 cm³/mol. The van der Waals surface area contributed by atoms with Gasteiger partial charge in [0, 0.05) is 31.9 Å². The molecule has 0 aliphatic rings. The Morgan fingerprint density at radius 1 is 1.00 bits per heavy atom. The second-order valence-corrected chi connectivity index (χ2v) is 5.62. The van der Waals surface area contributed by atoms with Gasteiger partial charge in [0.25, 0.3) is 6.01 Å².